The first-order valence-electron chi connectivity index (χ1n) is 6.00. The van der Waals surface area contributed by atoms with Crippen molar-refractivity contribution < 1.29 is 9.90 Å². The molecule has 100 valence electrons. The first-order valence-corrected chi connectivity index (χ1v) is 6.99. The second-order valence-corrected chi connectivity index (χ2v) is 5.57. The van der Waals surface area contributed by atoms with Crippen molar-refractivity contribution >= 4 is 17.7 Å². The summed E-state index contributed by atoms with van der Waals surface area (Å²) in [5.41, 5.74) is 2.37. The molecule has 0 saturated carbocycles. The van der Waals surface area contributed by atoms with Gasteiger partial charge in [-0.05, 0) is 36.6 Å². The van der Waals surface area contributed by atoms with Gasteiger partial charge >= 0.3 is 5.97 Å². The molecule has 1 N–H and O–H groups in total. The minimum absolute atomic E-state index is 0.381. The average Bonchev–Trinajstić information content (AvgIpc) is 2.77. The first kappa shape index (κ1) is 13.7. The zero-order valence-electron chi connectivity index (χ0n) is 11.0. The number of rotatable bonds is 5. The number of benzene rings is 1. The molecular formula is C14H16N2O2S. The molecule has 1 heterocycles. The number of carboxylic acid groups (broad SMARTS) is 1. The van der Waals surface area contributed by atoms with Crippen molar-refractivity contribution in [3.05, 3.63) is 47.3 Å². The molecule has 2 aromatic rings. The Bertz CT molecular complexity index is 593. The summed E-state index contributed by atoms with van der Waals surface area (Å²) in [6, 6.07) is 5.57. The number of hydrogen-bond acceptors (Lipinski definition) is 3. The second kappa shape index (κ2) is 5.93. The summed E-state index contributed by atoms with van der Waals surface area (Å²) in [6.07, 6.45) is 4.78. The number of carboxylic acids is 1. The van der Waals surface area contributed by atoms with Crippen LogP contribution in [0.3, 0.4) is 0 Å². The summed E-state index contributed by atoms with van der Waals surface area (Å²) in [5.74, 6) is 0.0422. The van der Waals surface area contributed by atoms with Crippen LogP contribution < -0.4 is 0 Å². The average molecular weight is 276 g/mol. The van der Waals surface area contributed by atoms with E-state index in [1.807, 2.05) is 38.5 Å². The van der Waals surface area contributed by atoms with Gasteiger partial charge in [0, 0.05) is 23.9 Å². The number of carbonyl (C=O) groups is 1. The van der Waals surface area contributed by atoms with Crippen LogP contribution in [0.5, 0.6) is 0 Å². The summed E-state index contributed by atoms with van der Waals surface area (Å²) in [7, 11) is 1.90. The van der Waals surface area contributed by atoms with Crippen molar-refractivity contribution in [1.82, 2.24) is 9.78 Å². The van der Waals surface area contributed by atoms with E-state index < -0.39 is 5.97 Å². The fraction of sp³-hybridized carbons (Fsp3) is 0.286. The Morgan fingerprint density at radius 1 is 1.47 bits per heavy atom. The van der Waals surface area contributed by atoms with Crippen LogP contribution in [-0.4, -0.2) is 26.6 Å². The lowest BCUT2D eigenvalue weighted by molar-refractivity contribution is 0.0696. The van der Waals surface area contributed by atoms with Gasteiger partial charge in [-0.25, -0.2) is 4.79 Å². The van der Waals surface area contributed by atoms with Crippen molar-refractivity contribution in [3.8, 4) is 0 Å². The molecule has 0 fully saturated rings. The molecule has 0 aliphatic rings. The number of aromatic carboxylic acids is 1. The van der Waals surface area contributed by atoms with E-state index in [2.05, 4.69) is 5.10 Å². The van der Waals surface area contributed by atoms with Gasteiger partial charge in [-0.2, -0.15) is 5.10 Å². The summed E-state index contributed by atoms with van der Waals surface area (Å²) in [5, 5.41) is 13.2. The molecule has 0 atom stereocenters. The number of aromatic nitrogens is 2. The molecule has 5 heteroatoms. The maximum atomic E-state index is 11.1. The Hall–Kier alpha value is -1.75. The van der Waals surface area contributed by atoms with E-state index in [0.717, 1.165) is 22.6 Å². The van der Waals surface area contributed by atoms with Crippen LogP contribution in [0.4, 0.5) is 0 Å². The van der Waals surface area contributed by atoms with E-state index >= 15 is 0 Å². The topological polar surface area (TPSA) is 55.1 Å². The Labute approximate surface area is 116 Å². The predicted octanol–water partition coefficient (Wildman–Crippen LogP) is 2.76. The Morgan fingerprint density at radius 3 is 2.89 bits per heavy atom. The Morgan fingerprint density at radius 2 is 2.26 bits per heavy atom. The van der Waals surface area contributed by atoms with E-state index in [0.29, 0.717) is 5.56 Å². The molecule has 19 heavy (non-hydrogen) atoms. The van der Waals surface area contributed by atoms with E-state index in [-0.39, 0.29) is 0 Å². The molecule has 2 rings (SSSR count). The zero-order chi connectivity index (χ0) is 13.8. The molecular weight excluding hydrogens is 260 g/mol. The lowest BCUT2D eigenvalue weighted by atomic mass is 10.1. The molecule has 0 saturated heterocycles. The lowest BCUT2D eigenvalue weighted by Gasteiger charge is -2.05. The van der Waals surface area contributed by atoms with Gasteiger partial charge in [0.15, 0.2) is 0 Å². The largest absolute Gasteiger partial charge is 0.478 e. The van der Waals surface area contributed by atoms with Crippen LogP contribution in [0.1, 0.15) is 21.5 Å². The summed E-state index contributed by atoms with van der Waals surface area (Å²) >= 11 is 1.66. The SMILES string of the molecule is Cc1ccc(SCCc2cnn(C)c2)cc1C(=O)O. The minimum atomic E-state index is -0.868. The third-order valence-corrected chi connectivity index (χ3v) is 3.85. The van der Waals surface area contributed by atoms with Crippen LogP contribution >= 0.6 is 11.8 Å². The molecule has 1 aromatic carbocycles. The number of nitrogens with zero attached hydrogens (tertiary/aromatic N) is 2. The fourth-order valence-electron chi connectivity index (χ4n) is 1.81. The fourth-order valence-corrected chi connectivity index (χ4v) is 2.75. The van der Waals surface area contributed by atoms with Crippen LogP contribution in [0.2, 0.25) is 0 Å². The normalized spacial score (nSPS) is 10.6. The van der Waals surface area contributed by atoms with Gasteiger partial charge < -0.3 is 5.11 Å². The molecule has 0 amide bonds. The highest BCUT2D eigenvalue weighted by Crippen LogP contribution is 2.22. The van der Waals surface area contributed by atoms with E-state index in [4.69, 9.17) is 5.11 Å². The number of aryl methyl sites for hydroxylation is 3. The molecule has 0 aliphatic carbocycles. The maximum Gasteiger partial charge on any atom is 0.335 e. The summed E-state index contributed by atoms with van der Waals surface area (Å²) in [6.45, 7) is 1.81. The van der Waals surface area contributed by atoms with Gasteiger partial charge in [0.25, 0.3) is 0 Å². The van der Waals surface area contributed by atoms with Crippen molar-refractivity contribution in [2.24, 2.45) is 7.05 Å². The molecule has 1 aromatic heterocycles. The van der Waals surface area contributed by atoms with Crippen LogP contribution in [0.25, 0.3) is 0 Å². The number of thioether (sulfide) groups is 1. The van der Waals surface area contributed by atoms with E-state index in [9.17, 15) is 4.79 Å². The first-order chi connectivity index (χ1) is 9.06. The Kier molecular flexibility index (Phi) is 4.27. The molecule has 0 bridgehead atoms. The van der Waals surface area contributed by atoms with Gasteiger partial charge in [0.2, 0.25) is 0 Å². The van der Waals surface area contributed by atoms with Crippen LogP contribution in [-0.2, 0) is 13.5 Å². The van der Waals surface area contributed by atoms with Crippen molar-refractivity contribution in [2.75, 3.05) is 5.75 Å². The quantitative estimate of drug-likeness (QED) is 0.853. The van der Waals surface area contributed by atoms with Crippen molar-refractivity contribution in [2.45, 2.75) is 18.2 Å². The number of hydrogen-bond donors (Lipinski definition) is 1. The predicted molar refractivity (Wildman–Crippen MR) is 75.8 cm³/mol. The van der Waals surface area contributed by atoms with Crippen molar-refractivity contribution in [3.63, 3.8) is 0 Å². The van der Waals surface area contributed by atoms with Gasteiger partial charge in [0.1, 0.15) is 0 Å². The van der Waals surface area contributed by atoms with Gasteiger partial charge in [0.05, 0.1) is 11.8 Å². The van der Waals surface area contributed by atoms with Gasteiger partial charge in [-0.15, -0.1) is 11.8 Å². The molecule has 0 spiro atoms. The lowest BCUT2D eigenvalue weighted by Crippen LogP contribution is -1.99. The molecule has 0 unspecified atom stereocenters. The zero-order valence-corrected chi connectivity index (χ0v) is 11.8. The maximum absolute atomic E-state index is 11.1. The highest BCUT2D eigenvalue weighted by Gasteiger charge is 2.08. The van der Waals surface area contributed by atoms with E-state index in [1.165, 1.54) is 5.56 Å². The van der Waals surface area contributed by atoms with Crippen molar-refractivity contribution in [1.29, 1.82) is 0 Å². The minimum Gasteiger partial charge on any atom is -0.478 e. The molecule has 0 aliphatic heterocycles. The molecule has 0 radical (unpaired) electrons. The Balaban J connectivity index is 1.96. The third-order valence-electron chi connectivity index (χ3n) is 2.86. The van der Waals surface area contributed by atoms with Gasteiger partial charge in [-0.1, -0.05) is 6.07 Å². The highest BCUT2D eigenvalue weighted by molar-refractivity contribution is 7.99. The smallest absolute Gasteiger partial charge is 0.335 e. The second-order valence-electron chi connectivity index (χ2n) is 4.40. The van der Waals surface area contributed by atoms with Crippen LogP contribution in [0.15, 0.2) is 35.5 Å². The molecule has 4 nitrogen and oxygen atoms in total. The monoisotopic (exact) mass is 276 g/mol. The van der Waals surface area contributed by atoms with Gasteiger partial charge in [-0.3, -0.25) is 4.68 Å². The third kappa shape index (κ3) is 3.61. The summed E-state index contributed by atoms with van der Waals surface area (Å²) in [4.78, 5) is 12.0. The highest BCUT2D eigenvalue weighted by atomic mass is 32.2. The standard InChI is InChI=1S/C14H16N2O2S/c1-10-3-4-12(7-13(10)14(17)18)19-6-5-11-8-15-16(2)9-11/h3-4,7-9H,5-6H2,1-2H3,(H,17,18). The van der Waals surface area contributed by atoms with Crippen LogP contribution in [0, 0.1) is 6.92 Å². The van der Waals surface area contributed by atoms with E-state index in [1.54, 1.807) is 22.5 Å². The summed E-state index contributed by atoms with van der Waals surface area (Å²) < 4.78 is 1.79.